The van der Waals surface area contributed by atoms with Crippen molar-refractivity contribution in [2.45, 2.75) is 0 Å². The van der Waals surface area contributed by atoms with Gasteiger partial charge in [0.1, 0.15) is 28.5 Å². The van der Waals surface area contributed by atoms with Gasteiger partial charge in [0.05, 0.1) is 5.52 Å². The molecule has 0 aliphatic heterocycles. The topological polar surface area (TPSA) is 12.9 Å². The minimum absolute atomic E-state index is 1.04. The molecule has 5 aromatic rings. The first-order chi connectivity index (χ1) is 14.4. The number of fused-ring (bicyclic) bond motifs is 1. The molecule has 0 saturated carbocycles. The minimum Gasteiger partial charge on any atom is -0.256 e. The molecule has 0 amide bonds. The molecular weight excluding hydrogens is 369 g/mol. The van der Waals surface area contributed by atoms with E-state index in [1.807, 2.05) is 12.3 Å². The summed E-state index contributed by atoms with van der Waals surface area (Å²) in [5.41, 5.74) is 1.04. The first-order valence-corrected chi connectivity index (χ1v) is 11.6. The summed E-state index contributed by atoms with van der Waals surface area (Å²) in [5, 5.41) is 6.64. The van der Waals surface area contributed by atoms with Crippen LogP contribution in [0, 0.1) is 0 Å². The third-order valence-corrected chi connectivity index (χ3v) is 9.75. The molecule has 0 N–H and O–H groups in total. The quantitative estimate of drug-likeness (QED) is 0.400. The summed E-state index contributed by atoms with van der Waals surface area (Å²) in [4.78, 5) is 4.65. The molecule has 1 aromatic heterocycles. The van der Waals surface area contributed by atoms with Gasteiger partial charge in [0.15, 0.2) is 0 Å². The lowest BCUT2D eigenvalue weighted by atomic mass is 10.2. The second-order valence-corrected chi connectivity index (χ2v) is 10.4. The molecular formula is C27H21NP+. The van der Waals surface area contributed by atoms with Crippen molar-refractivity contribution >= 4 is 39.4 Å². The van der Waals surface area contributed by atoms with Crippen LogP contribution in [-0.2, 0) is 0 Å². The summed E-state index contributed by atoms with van der Waals surface area (Å²) in [7, 11) is -2.09. The van der Waals surface area contributed by atoms with Crippen LogP contribution in [0.15, 0.2) is 128 Å². The Labute approximate surface area is 172 Å². The number of pyridine rings is 1. The number of benzene rings is 4. The summed E-state index contributed by atoms with van der Waals surface area (Å²) in [6.07, 6.45) is 1.87. The van der Waals surface area contributed by atoms with E-state index in [2.05, 4.69) is 120 Å². The summed E-state index contributed by atoms with van der Waals surface area (Å²) < 4.78 is 0. The molecule has 0 saturated heterocycles. The van der Waals surface area contributed by atoms with Crippen molar-refractivity contribution in [2.24, 2.45) is 0 Å². The average Bonchev–Trinajstić information content (AvgIpc) is 2.82. The predicted octanol–water partition coefficient (Wildman–Crippen LogP) is 4.85. The van der Waals surface area contributed by atoms with Gasteiger partial charge in [0.2, 0.25) is 0 Å². The third kappa shape index (κ3) is 2.95. The molecule has 2 heteroatoms. The molecule has 0 aliphatic rings. The smallest absolute Gasteiger partial charge is 0.145 e. The van der Waals surface area contributed by atoms with Crippen LogP contribution in [0.5, 0.6) is 0 Å². The second-order valence-electron chi connectivity index (χ2n) is 7.02. The molecule has 0 spiro atoms. The van der Waals surface area contributed by atoms with Crippen molar-refractivity contribution in [3.8, 4) is 0 Å². The molecule has 138 valence electrons. The Morgan fingerprint density at radius 3 is 1.48 bits per heavy atom. The van der Waals surface area contributed by atoms with Gasteiger partial charge in [-0.15, -0.1) is 0 Å². The molecule has 0 unspecified atom stereocenters. The summed E-state index contributed by atoms with van der Waals surface area (Å²) in [6.45, 7) is 0. The van der Waals surface area contributed by atoms with Crippen LogP contribution in [0.1, 0.15) is 0 Å². The van der Waals surface area contributed by atoms with Crippen LogP contribution in [-0.4, -0.2) is 4.98 Å². The standard InChI is InChI=1S/C27H21NP/c1-4-12-22(13-5-1)29(23-14-6-2-7-15-23,24-16-8-3-9-17-24)27-20-10-19-26-25(27)18-11-21-28-26/h1-21H/q+1. The van der Waals surface area contributed by atoms with E-state index in [9.17, 15) is 0 Å². The Kier molecular flexibility index (Phi) is 4.68. The van der Waals surface area contributed by atoms with Gasteiger partial charge in [0.25, 0.3) is 0 Å². The highest BCUT2D eigenvalue weighted by Gasteiger charge is 2.48. The number of rotatable bonds is 4. The zero-order chi connectivity index (χ0) is 19.5. The molecule has 0 aliphatic carbocycles. The molecule has 1 heterocycles. The van der Waals surface area contributed by atoms with Crippen LogP contribution in [0.3, 0.4) is 0 Å². The molecule has 5 rings (SSSR count). The van der Waals surface area contributed by atoms with Crippen molar-refractivity contribution < 1.29 is 0 Å². The highest BCUT2D eigenvalue weighted by atomic mass is 31.2. The minimum atomic E-state index is -2.09. The average molecular weight is 390 g/mol. The fraction of sp³-hybridized carbons (Fsp3) is 0. The normalized spacial score (nSPS) is 11.4. The zero-order valence-corrected chi connectivity index (χ0v) is 16.9. The van der Waals surface area contributed by atoms with Gasteiger partial charge in [-0.25, -0.2) is 0 Å². The van der Waals surface area contributed by atoms with Crippen molar-refractivity contribution in [3.63, 3.8) is 0 Å². The van der Waals surface area contributed by atoms with Crippen LogP contribution in [0.2, 0.25) is 0 Å². The van der Waals surface area contributed by atoms with E-state index < -0.39 is 7.26 Å². The van der Waals surface area contributed by atoms with E-state index in [0.29, 0.717) is 0 Å². The summed E-state index contributed by atoms with van der Waals surface area (Å²) in [5.74, 6) is 0. The fourth-order valence-electron chi connectivity index (χ4n) is 4.20. The van der Waals surface area contributed by atoms with Crippen molar-refractivity contribution in [2.75, 3.05) is 0 Å². The molecule has 0 fully saturated rings. The predicted molar refractivity (Wildman–Crippen MR) is 127 cm³/mol. The maximum atomic E-state index is 4.65. The van der Waals surface area contributed by atoms with Crippen molar-refractivity contribution in [1.29, 1.82) is 0 Å². The Balaban J connectivity index is 1.99. The largest absolute Gasteiger partial charge is 0.256 e. The molecule has 29 heavy (non-hydrogen) atoms. The zero-order valence-electron chi connectivity index (χ0n) is 16.0. The summed E-state index contributed by atoms with van der Waals surface area (Å²) >= 11 is 0. The van der Waals surface area contributed by atoms with Crippen molar-refractivity contribution in [3.05, 3.63) is 128 Å². The Morgan fingerprint density at radius 2 is 0.966 bits per heavy atom. The Bertz CT molecular complexity index is 1130. The van der Waals surface area contributed by atoms with Crippen LogP contribution in [0.4, 0.5) is 0 Å². The van der Waals surface area contributed by atoms with E-state index in [1.54, 1.807) is 0 Å². The number of nitrogens with zero attached hydrogens (tertiary/aromatic N) is 1. The van der Waals surface area contributed by atoms with Crippen molar-refractivity contribution in [1.82, 2.24) is 4.98 Å². The van der Waals surface area contributed by atoms with Crippen LogP contribution < -0.4 is 21.2 Å². The lowest BCUT2D eigenvalue weighted by Gasteiger charge is -2.28. The molecule has 0 radical (unpaired) electrons. The second kappa shape index (κ2) is 7.62. The van der Waals surface area contributed by atoms with Gasteiger partial charge in [-0.05, 0) is 60.7 Å². The molecule has 0 atom stereocenters. The highest BCUT2D eigenvalue weighted by Crippen LogP contribution is 2.55. The van der Waals surface area contributed by atoms with Crippen LogP contribution in [0.25, 0.3) is 10.9 Å². The summed E-state index contributed by atoms with van der Waals surface area (Å²) in [6, 6.07) is 43.7. The maximum absolute atomic E-state index is 4.65. The number of aromatic nitrogens is 1. The molecule has 1 nitrogen and oxygen atoms in total. The lowest BCUT2D eigenvalue weighted by molar-refractivity contribution is 1.42. The SMILES string of the molecule is c1ccc([P+](c2ccccc2)(c2ccccc2)c2cccc3ncccc23)cc1. The van der Waals surface area contributed by atoms with Gasteiger partial charge >= 0.3 is 0 Å². The maximum Gasteiger partial charge on any atom is 0.145 e. The Hall–Kier alpha value is -3.28. The number of hydrogen-bond acceptors (Lipinski definition) is 1. The first-order valence-electron chi connectivity index (χ1n) is 9.81. The van der Waals surface area contributed by atoms with E-state index >= 15 is 0 Å². The lowest BCUT2D eigenvalue weighted by Crippen LogP contribution is -2.38. The van der Waals surface area contributed by atoms with Gasteiger partial charge in [-0.1, -0.05) is 60.7 Å². The molecule has 0 bridgehead atoms. The molecule has 4 aromatic carbocycles. The third-order valence-electron chi connectivity index (χ3n) is 5.41. The van der Waals surface area contributed by atoms with E-state index in [0.717, 1.165) is 5.52 Å². The van der Waals surface area contributed by atoms with E-state index in [4.69, 9.17) is 0 Å². The Morgan fingerprint density at radius 1 is 0.448 bits per heavy atom. The van der Waals surface area contributed by atoms with E-state index in [1.165, 1.54) is 26.6 Å². The van der Waals surface area contributed by atoms with Crippen LogP contribution >= 0.6 is 7.26 Å². The van der Waals surface area contributed by atoms with Gasteiger partial charge < -0.3 is 0 Å². The fourth-order valence-corrected chi connectivity index (χ4v) is 8.65. The highest BCUT2D eigenvalue weighted by molar-refractivity contribution is 8.01. The monoisotopic (exact) mass is 390 g/mol. The van der Waals surface area contributed by atoms with Gasteiger partial charge in [-0.2, -0.15) is 0 Å². The van der Waals surface area contributed by atoms with Gasteiger partial charge in [0, 0.05) is 11.6 Å². The number of hydrogen-bond donors (Lipinski definition) is 0. The van der Waals surface area contributed by atoms with Gasteiger partial charge in [-0.3, -0.25) is 4.98 Å². The first kappa shape index (κ1) is 17.8. The van der Waals surface area contributed by atoms with E-state index in [-0.39, 0.29) is 0 Å².